The van der Waals surface area contributed by atoms with Crippen LogP contribution in [0, 0.1) is 11.7 Å². The fourth-order valence-electron chi connectivity index (χ4n) is 1.87. The molecule has 1 amide bonds. The molecule has 0 saturated carbocycles. The van der Waals surface area contributed by atoms with Crippen molar-refractivity contribution in [2.24, 2.45) is 5.92 Å². The molecule has 0 aromatic heterocycles. The van der Waals surface area contributed by atoms with Crippen LogP contribution in [0.1, 0.15) is 16.8 Å². The Kier molecular flexibility index (Phi) is 3.57. The van der Waals surface area contributed by atoms with Crippen molar-refractivity contribution in [1.29, 1.82) is 0 Å². The summed E-state index contributed by atoms with van der Waals surface area (Å²) in [5.41, 5.74) is -0.150. The first-order valence-electron chi connectivity index (χ1n) is 5.62. The number of carbonyl (C=O) groups is 2. The number of carboxylic acids is 1. The summed E-state index contributed by atoms with van der Waals surface area (Å²) in [7, 11) is 0. The van der Waals surface area contributed by atoms with E-state index in [0.717, 1.165) is 24.7 Å². The van der Waals surface area contributed by atoms with E-state index in [0.29, 0.717) is 13.0 Å². The molecule has 0 bridgehead atoms. The van der Waals surface area contributed by atoms with Crippen LogP contribution in [-0.2, 0) is 4.79 Å². The van der Waals surface area contributed by atoms with Gasteiger partial charge in [-0.2, -0.15) is 0 Å². The number of halogens is 1. The van der Waals surface area contributed by atoms with Crippen LogP contribution >= 0.6 is 0 Å². The average molecular weight is 252 g/mol. The summed E-state index contributed by atoms with van der Waals surface area (Å²) >= 11 is 0. The minimum absolute atomic E-state index is 0.0590. The van der Waals surface area contributed by atoms with Crippen molar-refractivity contribution in [1.82, 2.24) is 5.32 Å². The smallest absolute Gasteiger partial charge is 0.335 e. The summed E-state index contributed by atoms with van der Waals surface area (Å²) in [6.07, 6.45) is 0.700. The zero-order chi connectivity index (χ0) is 13.1. The molecule has 3 N–H and O–H groups in total. The molecule has 1 unspecified atom stereocenters. The zero-order valence-corrected chi connectivity index (χ0v) is 9.57. The lowest BCUT2D eigenvalue weighted by Crippen LogP contribution is -2.25. The van der Waals surface area contributed by atoms with Crippen LogP contribution < -0.4 is 10.6 Å². The highest BCUT2D eigenvalue weighted by molar-refractivity contribution is 5.95. The fourth-order valence-corrected chi connectivity index (χ4v) is 1.87. The van der Waals surface area contributed by atoms with E-state index in [9.17, 15) is 14.0 Å². The number of nitrogens with one attached hydrogen (secondary N) is 2. The molecule has 1 aliphatic rings. The molecule has 1 heterocycles. The van der Waals surface area contributed by atoms with Gasteiger partial charge in [0.25, 0.3) is 0 Å². The number of hydrogen-bond donors (Lipinski definition) is 3. The quantitative estimate of drug-likeness (QED) is 0.752. The van der Waals surface area contributed by atoms with Crippen LogP contribution in [0.25, 0.3) is 0 Å². The SMILES string of the molecule is O=C(O)c1ccc(F)c(NC(=O)C2CCNC2)c1. The Morgan fingerprint density at radius 3 is 2.83 bits per heavy atom. The van der Waals surface area contributed by atoms with Gasteiger partial charge in [0.1, 0.15) is 5.82 Å². The number of rotatable bonds is 3. The molecule has 0 aliphatic carbocycles. The van der Waals surface area contributed by atoms with Crippen molar-refractivity contribution in [3.8, 4) is 0 Å². The molecule has 2 rings (SSSR count). The molecule has 0 spiro atoms. The molecule has 1 aromatic carbocycles. The Labute approximate surface area is 103 Å². The van der Waals surface area contributed by atoms with Gasteiger partial charge in [-0.15, -0.1) is 0 Å². The molecular weight excluding hydrogens is 239 g/mol. The van der Waals surface area contributed by atoms with Gasteiger partial charge in [-0.3, -0.25) is 4.79 Å². The van der Waals surface area contributed by atoms with E-state index in [1.807, 2.05) is 0 Å². The molecule has 1 saturated heterocycles. The van der Waals surface area contributed by atoms with Gasteiger partial charge in [-0.1, -0.05) is 0 Å². The molecule has 6 heteroatoms. The maximum absolute atomic E-state index is 13.5. The highest BCUT2D eigenvalue weighted by Crippen LogP contribution is 2.18. The highest BCUT2D eigenvalue weighted by Gasteiger charge is 2.23. The minimum atomic E-state index is -1.16. The third-order valence-corrected chi connectivity index (χ3v) is 2.90. The van der Waals surface area contributed by atoms with Crippen LogP contribution in [0.4, 0.5) is 10.1 Å². The minimum Gasteiger partial charge on any atom is -0.478 e. The number of carbonyl (C=O) groups excluding carboxylic acids is 1. The van der Waals surface area contributed by atoms with Gasteiger partial charge in [-0.05, 0) is 31.2 Å². The second-order valence-electron chi connectivity index (χ2n) is 4.18. The van der Waals surface area contributed by atoms with Crippen molar-refractivity contribution in [3.63, 3.8) is 0 Å². The largest absolute Gasteiger partial charge is 0.478 e. The predicted octanol–water partition coefficient (Wildman–Crippen LogP) is 1.07. The summed E-state index contributed by atoms with van der Waals surface area (Å²) in [6.45, 7) is 1.32. The van der Waals surface area contributed by atoms with Crippen LogP contribution in [-0.4, -0.2) is 30.1 Å². The van der Waals surface area contributed by atoms with Gasteiger partial charge >= 0.3 is 5.97 Å². The van der Waals surface area contributed by atoms with E-state index in [-0.39, 0.29) is 23.1 Å². The van der Waals surface area contributed by atoms with E-state index >= 15 is 0 Å². The van der Waals surface area contributed by atoms with Gasteiger partial charge < -0.3 is 15.7 Å². The monoisotopic (exact) mass is 252 g/mol. The summed E-state index contributed by atoms with van der Waals surface area (Å²) in [5.74, 6) is -2.29. The van der Waals surface area contributed by atoms with Crippen molar-refractivity contribution < 1.29 is 19.1 Å². The predicted molar refractivity (Wildman–Crippen MR) is 63.0 cm³/mol. The number of amides is 1. The third kappa shape index (κ3) is 2.65. The Bertz CT molecular complexity index is 484. The van der Waals surface area contributed by atoms with Crippen LogP contribution in [0.3, 0.4) is 0 Å². The number of carboxylic acid groups (broad SMARTS) is 1. The maximum Gasteiger partial charge on any atom is 0.335 e. The van der Waals surface area contributed by atoms with Gasteiger partial charge in [0, 0.05) is 6.54 Å². The maximum atomic E-state index is 13.5. The fraction of sp³-hybridized carbons (Fsp3) is 0.333. The highest BCUT2D eigenvalue weighted by atomic mass is 19.1. The first-order valence-corrected chi connectivity index (χ1v) is 5.62. The van der Waals surface area contributed by atoms with Gasteiger partial charge in [0.2, 0.25) is 5.91 Å². The lowest BCUT2D eigenvalue weighted by molar-refractivity contribution is -0.119. The van der Waals surface area contributed by atoms with Crippen LogP contribution in [0.2, 0.25) is 0 Å². The van der Waals surface area contributed by atoms with Crippen LogP contribution in [0.15, 0.2) is 18.2 Å². The molecule has 5 nitrogen and oxygen atoms in total. The second kappa shape index (κ2) is 5.14. The second-order valence-corrected chi connectivity index (χ2v) is 4.18. The van der Waals surface area contributed by atoms with Gasteiger partial charge in [0.15, 0.2) is 0 Å². The van der Waals surface area contributed by atoms with Gasteiger partial charge in [-0.25, -0.2) is 9.18 Å². The molecule has 0 radical (unpaired) electrons. The summed E-state index contributed by atoms with van der Waals surface area (Å²) in [4.78, 5) is 22.5. The summed E-state index contributed by atoms with van der Waals surface area (Å²) in [6, 6.07) is 3.31. The van der Waals surface area contributed by atoms with E-state index in [2.05, 4.69) is 10.6 Å². The summed E-state index contributed by atoms with van der Waals surface area (Å²) in [5, 5.41) is 14.3. The number of anilines is 1. The number of hydrogen-bond acceptors (Lipinski definition) is 3. The zero-order valence-electron chi connectivity index (χ0n) is 9.57. The molecular formula is C12H13FN2O3. The summed E-state index contributed by atoms with van der Waals surface area (Å²) < 4.78 is 13.5. The van der Waals surface area contributed by atoms with Crippen molar-refractivity contribution in [2.75, 3.05) is 18.4 Å². The normalized spacial score (nSPS) is 18.6. The molecule has 1 aliphatic heterocycles. The lowest BCUT2D eigenvalue weighted by atomic mass is 10.1. The van der Waals surface area contributed by atoms with E-state index in [1.54, 1.807) is 0 Å². The number of benzene rings is 1. The van der Waals surface area contributed by atoms with Crippen LogP contribution in [0.5, 0.6) is 0 Å². The Morgan fingerprint density at radius 1 is 1.44 bits per heavy atom. The molecule has 1 fully saturated rings. The molecule has 1 aromatic rings. The topological polar surface area (TPSA) is 78.4 Å². The molecule has 18 heavy (non-hydrogen) atoms. The first-order chi connectivity index (χ1) is 8.58. The Hall–Kier alpha value is -1.95. The van der Waals surface area contributed by atoms with Crippen molar-refractivity contribution >= 4 is 17.6 Å². The standard InChI is InChI=1S/C12H13FN2O3/c13-9-2-1-7(12(17)18)5-10(9)15-11(16)8-3-4-14-6-8/h1-2,5,8,14H,3-4,6H2,(H,15,16)(H,17,18). The van der Waals surface area contributed by atoms with Crippen molar-refractivity contribution in [3.05, 3.63) is 29.6 Å². The van der Waals surface area contributed by atoms with Crippen molar-refractivity contribution in [2.45, 2.75) is 6.42 Å². The Balaban J connectivity index is 2.14. The van der Waals surface area contributed by atoms with E-state index in [1.165, 1.54) is 0 Å². The molecule has 1 atom stereocenters. The Morgan fingerprint density at radius 2 is 2.22 bits per heavy atom. The van der Waals surface area contributed by atoms with Gasteiger partial charge in [0.05, 0.1) is 17.2 Å². The first kappa shape index (κ1) is 12.5. The lowest BCUT2D eigenvalue weighted by Gasteiger charge is -2.11. The van der Waals surface area contributed by atoms with E-state index in [4.69, 9.17) is 5.11 Å². The number of aromatic carboxylic acids is 1. The average Bonchev–Trinajstić information content (AvgIpc) is 2.85. The molecule has 96 valence electrons. The third-order valence-electron chi connectivity index (χ3n) is 2.90. The van der Waals surface area contributed by atoms with E-state index < -0.39 is 11.8 Å².